The predicted octanol–water partition coefficient (Wildman–Crippen LogP) is 3.44. The van der Waals surface area contributed by atoms with E-state index in [1.165, 1.54) is 5.56 Å². The van der Waals surface area contributed by atoms with Crippen LogP contribution in [0.3, 0.4) is 0 Å². The first-order chi connectivity index (χ1) is 10.6. The molecule has 0 unspecified atom stereocenters. The summed E-state index contributed by atoms with van der Waals surface area (Å²) in [6.45, 7) is 3.92. The van der Waals surface area contributed by atoms with E-state index in [0.29, 0.717) is 26.1 Å². The van der Waals surface area contributed by atoms with E-state index in [1.807, 2.05) is 49.4 Å². The zero-order valence-corrected chi connectivity index (χ0v) is 13.5. The summed E-state index contributed by atoms with van der Waals surface area (Å²) in [7, 11) is 0. The van der Waals surface area contributed by atoms with Crippen molar-refractivity contribution in [2.24, 2.45) is 0 Å². The largest absolute Gasteiger partial charge is 0.352 e. The Hall–Kier alpha value is -1.84. The lowest BCUT2D eigenvalue weighted by molar-refractivity contribution is -0.121. The van der Waals surface area contributed by atoms with Crippen molar-refractivity contribution in [3.63, 3.8) is 0 Å². The molecule has 0 spiro atoms. The molecule has 0 radical (unpaired) electrons. The van der Waals surface area contributed by atoms with Gasteiger partial charge in [-0.15, -0.1) is 0 Å². The Morgan fingerprint density at radius 3 is 2.68 bits per heavy atom. The fraction of sp³-hybridized carbons (Fsp3) is 0.278. The number of aryl methyl sites for hydroxylation is 1. The molecule has 0 saturated carbocycles. The second kappa shape index (κ2) is 8.57. The highest BCUT2D eigenvalue weighted by atomic mass is 35.5. The highest BCUT2D eigenvalue weighted by Gasteiger charge is 2.02. The number of benzene rings is 2. The van der Waals surface area contributed by atoms with Crippen molar-refractivity contribution in [1.82, 2.24) is 10.6 Å². The molecular weight excluding hydrogens is 296 g/mol. The van der Waals surface area contributed by atoms with Crippen molar-refractivity contribution in [3.05, 3.63) is 70.2 Å². The van der Waals surface area contributed by atoms with Gasteiger partial charge in [-0.1, -0.05) is 59.6 Å². The number of rotatable bonds is 7. The lowest BCUT2D eigenvalue weighted by Gasteiger charge is -2.08. The Bertz CT molecular complexity index is 628. The molecule has 0 atom stereocenters. The maximum absolute atomic E-state index is 11.8. The lowest BCUT2D eigenvalue weighted by Crippen LogP contribution is -2.27. The summed E-state index contributed by atoms with van der Waals surface area (Å²) in [5.41, 5.74) is 3.37. The third kappa shape index (κ3) is 5.51. The van der Waals surface area contributed by atoms with Crippen LogP contribution < -0.4 is 10.6 Å². The van der Waals surface area contributed by atoms with Gasteiger partial charge in [-0.25, -0.2) is 0 Å². The Kier molecular flexibility index (Phi) is 6.44. The molecule has 116 valence electrons. The molecule has 2 N–H and O–H groups in total. The van der Waals surface area contributed by atoms with Gasteiger partial charge in [-0.05, 0) is 24.1 Å². The molecule has 0 aromatic heterocycles. The zero-order valence-electron chi connectivity index (χ0n) is 12.7. The molecule has 1 amide bonds. The first kappa shape index (κ1) is 16.5. The maximum atomic E-state index is 11.8. The fourth-order valence-corrected chi connectivity index (χ4v) is 2.38. The minimum Gasteiger partial charge on any atom is -0.352 e. The molecule has 2 rings (SSSR count). The van der Waals surface area contributed by atoms with Crippen molar-refractivity contribution in [2.45, 2.75) is 26.4 Å². The molecule has 22 heavy (non-hydrogen) atoms. The van der Waals surface area contributed by atoms with Crippen LogP contribution in [0.4, 0.5) is 0 Å². The first-order valence-corrected chi connectivity index (χ1v) is 7.79. The highest BCUT2D eigenvalue weighted by Crippen LogP contribution is 2.14. The predicted molar refractivity (Wildman–Crippen MR) is 90.8 cm³/mol. The SMILES string of the molecule is Cc1cccc(CNC(=O)CCNCc2ccccc2Cl)c1. The summed E-state index contributed by atoms with van der Waals surface area (Å²) >= 11 is 6.08. The maximum Gasteiger partial charge on any atom is 0.221 e. The van der Waals surface area contributed by atoms with Crippen LogP contribution in [0.5, 0.6) is 0 Å². The second-order valence-corrected chi connectivity index (χ2v) is 5.69. The van der Waals surface area contributed by atoms with Gasteiger partial charge in [0, 0.05) is 31.1 Å². The van der Waals surface area contributed by atoms with E-state index in [1.54, 1.807) is 0 Å². The van der Waals surface area contributed by atoms with E-state index < -0.39 is 0 Å². The average molecular weight is 317 g/mol. The van der Waals surface area contributed by atoms with Crippen molar-refractivity contribution < 1.29 is 4.79 Å². The first-order valence-electron chi connectivity index (χ1n) is 7.41. The van der Waals surface area contributed by atoms with Crippen LogP contribution in [0.15, 0.2) is 48.5 Å². The summed E-state index contributed by atoms with van der Waals surface area (Å²) in [5.74, 6) is 0.0492. The number of hydrogen-bond acceptors (Lipinski definition) is 2. The van der Waals surface area contributed by atoms with E-state index in [2.05, 4.69) is 16.7 Å². The van der Waals surface area contributed by atoms with Gasteiger partial charge in [-0.2, -0.15) is 0 Å². The van der Waals surface area contributed by atoms with Crippen LogP contribution in [0, 0.1) is 6.92 Å². The molecule has 2 aromatic carbocycles. The van der Waals surface area contributed by atoms with Gasteiger partial charge in [-0.3, -0.25) is 4.79 Å². The van der Waals surface area contributed by atoms with Gasteiger partial charge in [0.2, 0.25) is 5.91 Å². The summed E-state index contributed by atoms with van der Waals surface area (Å²) < 4.78 is 0. The normalized spacial score (nSPS) is 10.5. The monoisotopic (exact) mass is 316 g/mol. The quantitative estimate of drug-likeness (QED) is 0.768. The fourth-order valence-electron chi connectivity index (χ4n) is 2.18. The van der Waals surface area contributed by atoms with Gasteiger partial charge < -0.3 is 10.6 Å². The standard InChI is InChI=1S/C18H21ClN2O/c1-14-5-4-6-15(11-14)12-21-18(22)9-10-20-13-16-7-2-3-8-17(16)19/h2-8,11,20H,9-10,12-13H2,1H3,(H,21,22). The van der Waals surface area contributed by atoms with Crippen molar-refractivity contribution in [2.75, 3.05) is 6.54 Å². The summed E-state index contributed by atoms with van der Waals surface area (Å²) in [6, 6.07) is 15.9. The Balaban J connectivity index is 1.65. The Morgan fingerprint density at radius 1 is 1.09 bits per heavy atom. The van der Waals surface area contributed by atoms with E-state index in [-0.39, 0.29) is 5.91 Å². The van der Waals surface area contributed by atoms with Crippen molar-refractivity contribution in [3.8, 4) is 0 Å². The molecule has 0 heterocycles. The number of halogens is 1. The van der Waals surface area contributed by atoms with Gasteiger partial charge >= 0.3 is 0 Å². The molecule has 0 aliphatic carbocycles. The van der Waals surface area contributed by atoms with Crippen molar-refractivity contribution >= 4 is 17.5 Å². The van der Waals surface area contributed by atoms with Crippen LogP contribution in [0.1, 0.15) is 23.1 Å². The van der Waals surface area contributed by atoms with Crippen LogP contribution in [-0.4, -0.2) is 12.5 Å². The third-order valence-electron chi connectivity index (χ3n) is 3.37. The zero-order chi connectivity index (χ0) is 15.8. The van der Waals surface area contributed by atoms with E-state index >= 15 is 0 Å². The van der Waals surface area contributed by atoms with Gasteiger partial charge in [0.05, 0.1) is 0 Å². The third-order valence-corrected chi connectivity index (χ3v) is 3.74. The summed E-state index contributed by atoms with van der Waals surface area (Å²) in [5, 5.41) is 6.92. The van der Waals surface area contributed by atoms with E-state index in [0.717, 1.165) is 16.1 Å². The number of hydrogen-bond donors (Lipinski definition) is 2. The minimum atomic E-state index is 0.0492. The number of amides is 1. The number of nitrogens with one attached hydrogen (secondary N) is 2. The molecule has 2 aromatic rings. The molecule has 3 nitrogen and oxygen atoms in total. The molecule has 0 bridgehead atoms. The van der Waals surface area contributed by atoms with E-state index in [9.17, 15) is 4.79 Å². The van der Waals surface area contributed by atoms with Gasteiger partial charge in [0.15, 0.2) is 0 Å². The van der Waals surface area contributed by atoms with Crippen LogP contribution in [-0.2, 0) is 17.9 Å². The van der Waals surface area contributed by atoms with Gasteiger partial charge in [0.25, 0.3) is 0 Å². The van der Waals surface area contributed by atoms with Crippen LogP contribution >= 0.6 is 11.6 Å². The summed E-state index contributed by atoms with van der Waals surface area (Å²) in [6.07, 6.45) is 0.455. The smallest absolute Gasteiger partial charge is 0.221 e. The molecule has 0 saturated heterocycles. The van der Waals surface area contributed by atoms with Crippen molar-refractivity contribution in [1.29, 1.82) is 0 Å². The van der Waals surface area contributed by atoms with Crippen LogP contribution in [0.2, 0.25) is 5.02 Å². The van der Waals surface area contributed by atoms with E-state index in [4.69, 9.17) is 11.6 Å². The molecule has 4 heteroatoms. The number of carbonyl (C=O) groups is 1. The molecule has 0 aliphatic rings. The lowest BCUT2D eigenvalue weighted by atomic mass is 10.1. The van der Waals surface area contributed by atoms with Gasteiger partial charge in [0.1, 0.15) is 0 Å². The Morgan fingerprint density at radius 2 is 1.91 bits per heavy atom. The number of carbonyl (C=O) groups excluding carboxylic acids is 1. The minimum absolute atomic E-state index is 0.0492. The van der Waals surface area contributed by atoms with Crippen LogP contribution in [0.25, 0.3) is 0 Å². The molecular formula is C18H21ClN2O. The second-order valence-electron chi connectivity index (χ2n) is 5.28. The molecule has 0 fully saturated rings. The summed E-state index contributed by atoms with van der Waals surface area (Å²) in [4.78, 5) is 11.8. The Labute approximate surface area is 136 Å². The average Bonchev–Trinajstić information content (AvgIpc) is 2.51. The molecule has 0 aliphatic heterocycles. The highest BCUT2D eigenvalue weighted by molar-refractivity contribution is 6.31. The topological polar surface area (TPSA) is 41.1 Å².